The van der Waals surface area contributed by atoms with Crippen molar-refractivity contribution in [2.24, 2.45) is 5.92 Å². The van der Waals surface area contributed by atoms with E-state index in [1.165, 1.54) is 19.3 Å². The fourth-order valence-electron chi connectivity index (χ4n) is 2.78. The van der Waals surface area contributed by atoms with Crippen molar-refractivity contribution in [3.05, 3.63) is 0 Å². The minimum Gasteiger partial charge on any atom is -0.341 e. The molecule has 0 aromatic heterocycles. The maximum absolute atomic E-state index is 12.4. The van der Waals surface area contributed by atoms with E-state index in [2.05, 4.69) is 31.0 Å². The molecule has 1 aliphatic rings. The van der Waals surface area contributed by atoms with Crippen LogP contribution in [0.15, 0.2) is 0 Å². The summed E-state index contributed by atoms with van der Waals surface area (Å²) in [6.07, 6.45) is 6.96. The molecule has 1 saturated heterocycles. The van der Waals surface area contributed by atoms with E-state index in [4.69, 9.17) is 0 Å². The molecule has 3 nitrogen and oxygen atoms in total. The van der Waals surface area contributed by atoms with Gasteiger partial charge in [-0.2, -0.15) is 0 Å². The number of amides is 1. The molecule has 0 aromatic carbocycles. The van der Waals surface area contributed by atoms with Gasteiger partial charge in [0.15, 0.2) is 0 Å². The van der Waals surface area contributed by atoms with Crippen molar-refractivity contribution in [3.63, 3.8) is 0 Å². The van der Waals surface area contributed by atoms with Crippen LogP contribution < -0.4 is 5.32 Å². The highest BCUT2D eigenvalue weighted by molar-refractivity contribution is 5.78. The third kappa shape index (κ3) is 4.97. The molecule has 2 unspecified atom stereocenters. The van der Waals surface area contributed by atoms with Gasteiger partial charge in [0.2, 0.25) is 5.91 Å². The van der Waals surface area contributed by atoms with Gasteiger partial charge in [0, 0.05) is 25.0 Å². The Labute approximate surface area is 112 Å². The largest absolute Gasteiger partial charge is 0.341 e. The molecule has 1 heterocycles. The van der Waals surface area contributed by atoms with E-state index in [9.17, 15) is 4.79 Å². The molecule has 18 heavy (non-hydrogen) atoms. The van der Waals surface area contributed by atoms with Gasteiger partial charge in [0.25, 0.3) is 0 Å². The summed E-state index contributed by atoms with van der Waals surface area (Å²) in [6.45, 7) is 9.30. The van der Waals surface area contributed by atoms with E-state index in [-0.39, 0.29) is 5.92 Å². The summed E-state index contributed by atoms with van der Waals surface area (Å²) in [7, 11) is 0. The summed E-state index contributed by atoms with van der Waals surface area (Å²) >= 11 is 0. The smallest absolute Gasteiger partial charge is 0.225 e. The molecule has 2 atom stereocenters. The molecule has 0 aromatic rings. The summed E-state index contributed by atoms with van der Waals surface area (Å²) in [4.78, 5) is 14.5. The van der Waals surface area contributed by atoms with Gasteiger partial charge in [0.1, 0.15) is 0 Å². The first-order valence-electron chi connectivity index (χ1n) is 7.71. The second-order valence-corrected chi connectivity index (χ2v) is 5.62. The predicted molar refractivity (Wildman–Crippen MR) is 76.6 cm³/mol. The standard InChI is InChI=1S/C15H30N2O/c1-4-8-13(3)15(18)17(11-5-2)12-14-9-6-7-10-16-14/h13-14,16H,4-12H2,1-3H3. The molecule has 1 fully saturated rings. The topological polar surface area (TPSA) is 32.3 Å². The second kappa shape index (κ2) is 8.52. The van der Waals surface area contributed by atoms with Gasteiger partial charge < -0.3 is 10.2 Å². The zero-order valence-corrected chi connectivity index (χ0v) is 12.4. The van der Waals surface area contributed by atoms with Crippen molar-refractivity contribution in [1.29, 1.82) is 0 Å². The predicted octanol–water partition coefficient (Wildman–Crippen LogP) is 2.80. The number of hydrogen-bond donors (Lipinski definition) is 1. The van der Waals surface area contributed by atoms with Crippen LogP contribution in [0.25, 0.3) is 0 Å². The zero-order chi connectivity index (χ0) is 13.4. The first-order chi connectivity index (χ1) is 8.69. The van der Waals surface area contributed by atoms with Crippen molar-refractivity contribution >= 4 is 5.91 Å². The van der Waals surface area contributed by atoms with Crippen molar-refractivity contribution in [2.45, 2.75) is 65.3 Å². The van der Waals surface area contributed by atoms with E-state index >= 15 is 0 Å². The lowest BCUT2D eigenvalue weighted by Gasteiger charge is -2.32. The first kappa shape index (κ1) is 15.5. The van der Waals surface area contributed by atoms with Crippen molar-refractivity contribution < 1.29 is 4.79 Å². The van der Waals surface area contributed by atoms with Gasteiger partial charge in [-0.25, -0.2) is 0 Å². The van der Waals surface area contributed by atoms with Crippen LogP contribution in [0.4, 0.5) is 0 Å². The maximum Gasteiger partial charge on any atom is 0.225 e. The van der Waals surface area contributed by atoms with Crippen LogP contribution in [0, 0.1) is 5.92 Å². The number of nitrogens with one attached hydrogen (secondary N) is 1. The average molecular weight is 254 g/mol. The van der Waals surface area contributed by atoms with Crippen LogP contribution in [0.1, 0.15) is 59.3 Å². The van der Waals surface area contributed by atoms with Gasteiger partial charge in [-0.3, -0.25) is 4.79 Å². The monoisotopic (exact) mass is 254 g/mol. The number of piperidine rings is 1. The quantitative estimate of drug-likeness (QED) is 0.757. The summed E-state index contributed by atoms with van der Waals surface area (Å²) < 4.78 is 0. The lowest BCUT2D eigenvalue weighted by atomic mass is 10.0. The first-order valence-corrected chi connectivity index (χ1v) is 7.71. The van der Waals surface area contributed by atoms with Crippen LogP contribution in [-0.2, 0) is 4.79 Å². The molecule has 0 bridgehead atoms. The molecular formula is C15H30N2O. The fourth-order valence-corrected chi connectivity index (χ4v) is 2.78. The van der Waals surface area contributed by atoms with Gasteiger partial charge in [-0.15, -0.1) is 0 Å². The Morgan fingerprint density at radius 1 is 1.33 bits per heavy atom. The Kier molecular flexibility index (Phi) is 7.33. The average Bonchev–Trinajstić information content (AvgIpc) is 2.39. The molecule has 1 rings (SSSR count). The number of rotatable bonds is 7. The lowest BCUT2D eigenvalue weighted by Crippen LogP contribution is -2.47. The highest BCUT2D eigenvalue weighted by atomic mass is 16.2. The van der Waals surface area contributed by atoms with Gasteiger partial charge >= 0.3 is 0 Å². The number of hydrogen-bond acceptors (Lipinski definition) is 2. The van der Waals surface area contributed by atoms with Crippen LogP contribution in [0.2, 0.25) is 0 Å². The lowest BCUT2D eigenvalue weighted by molar-refractivity contribution is -0.135. The van der Waals surface area contributed by atoms with Gasteiger partial charge in [0.05, 0.1) is 0 Å². The highest BCUT2D eigenvalue weighted by Crippen LogP contribution is 2.13. The SMILES string of the molecule is CCCC(C)C(=O)N(CCC)CC1CCCCN1. The molecule has 3 heteroatoms. The summed E-state index contributed by atoms with van der Waals surface area (Å²) in [5.74, 6) is 0.538. The van der Waals surface area contributed by atoms with Crippen LogP contribution in [0.3, 0.4) is 0 Å². The Hall–Kier alpha value is -0.570. The summed E-state index contributed by atoms with van der Waals surface area (Å²) in [5, 5.41) is 3.54. The molecule has 1 N–H and O–H groups in total. The third-order valence-electron chi connectivity index (χ3n) is 3.80. The van der Waals surface area contributed by atoms with Gasteiger partial charge in [-0.1, -0.05) is 33.6 Å². The summed E-state index contributed by atoms with van der Waals surface area (Å²) in [5.41, 5.74) is 0. The van der Waals surface area contributed by atoms with Gasteiger partial charge in [-0.05, 0) is 32.2 Å². The van der Waals surface area contributed by atoms with Crippen molar-refractivity contribution in [3.8, 4) is 0 Å². The summed E-state index contributed by atoms with van der Waals surface area (Å²) in [6, 6.07) is 0.517. The van der Waals surface area contributed by atoms with E-state index in [1.54, 1.807) is 0 Å². The number of carbonyl (C=O) groups excluding carboxylic acids is 1. The van der Waals surface area contributed by atoms with E-state index in [0.717, 1.165) is 38.9 Å². The maximum atomic E-state index is 12.4. The fraction of sp³-hybridized carbons (Fsp3) is 0.933. The normalized spacial score (nSPS) is 21.6. The zero-order valence-electron chi connectivity index (χ0n) is 12.4. The number of nitrogens with zero attached hydrogens (tertiary/aromatic N) is 1. The van der Waals surface area contributed by atoms with E-state index in [1.807, 2.05) is 0 Å². The third-order valence-corrected chi connectivity index (χ3v) is 3.80. The van der Waals surface area contributed by atoms with Crippen LogP contribution >= 0.6 is 0 Å². The molecule has 0 aliphatic carbocycles. The van der Waals surface area contributed by atoms with Crippen LogP contribution in [0.5, 0.6) is 0 Å². The Balaban J connectivity index is 2.48. The second-order valence-electron chi connectivity index (χ2n) is 5.62. The molecule has 1 amide bonds. The van der Waals surface area contributed by atoms with Crippen molar-refractivity contribution in [1.82, 2.24) is 10.2 Å². The van der Waals surface area contributed by atoms with Crippen LogP contribution in [-0.4, -0.2) is 36.5 Å². The minimum absolute atomic E-state index is 0.185. The minimum atomic E-state index is 0.185. The molecule has 0 saturated carbocycles. The van der Waals surface area contributed by atoms with Crippen molar-refractivity contribution in [2.75, 3.05) is 19.6 Å². The molecule has 1 aliphatic heterocycles. The molecule has 106 valence electrons. The Bertz CT molecular complexity index is 237. The van der Waals surface area contributed by atoms with E-state index in [0.29, 0.717) is 11.9 Å². The van der Waals surface area contributed by atoms with E-state index < -0.39 is 0 Å². The highest BCUT2D eigenvalue weighted by Gasteiger charge is 2.23. The Morgan fingerprint density at radius 2 is 2.11 bits per heavy atom. The Morgan fingerprint density at radius 3 is 2.67 bits per heavy atom. The molecule has 0 radical (unpaired) electrons. The number of carbonyl (C=O) groups is 1. The molecule has 0 spiro atoms. The molecular weight excluding hydrogens is 224 g/mol.